The van der Waals surface area contributed by atoms with Crippen molar-refractivity contribution in [1.82, 2.24) is 0 Å². The van der Waals surface area contributed by atoms with Crippen molar-refractivity contribution in [3.8, 4) is 5.75 Å². The van der Waals surface area contributed by atoms with Crippen LogP contribution in [-0.4, -0.2) is 4.82 Å². The van der Waals surface area contributed by atoms with Crippen LogP contribution in [0.3, 0.4) is 0 Å². The zero-order valence-electron chi connectivity index (χ0n) is 21.0. The standard InChI is InChI=1S/C9H13.C8H10O.2C6H5.CH2.2ClH.Ti/c1-6-5-7(2)9(4)8(6)3;1-6-3-7(2)5-8(9)4-6;2*1-2-4-6-5-3-1;;;;/h6H,1-4H3;3-5,9H,1-2H3;2*1-5H;1H2;2*1H;/q;;;;;;;+1/p-1. The van der Waals surface area contributed by atoms with Gasteiger partial charge in [-0.2, -0.15) is 0 Å². The predicted molar refractivity (Wildman–Crippen MR) is 151 cm³/mol. The quantitative estimate of drug-likeness (QED) is 0.311. The molecule has 0 saturated heterocycles. The first-order chi connectivity index (χ1) is 15.2. The molecule has 34 heavy (non-hydrogen) atoms. The van der Waals surface area contributed by atoms with Crippen LogP contribution in [0, 0.1) is 19.8 Å². The Kier molecular flexibility index (Phi) is 8.66. The summed E-state index contributed by atoms with van der Waals surface area (Å²) in [5.41, 5.74) is 6.56. The van der Waals surface area contributed by atoms with Gasteiger partial charge in [0.05, 0.1) is 0 Å². The van der Waals surface area contributed by atoms with Crippen LogP contribution in [0.5, 0.6) is 5.75 Å². The molecular weight excluding hydrogens is 495 g/mol. The van der Waals surface area contributed by atoms with Gasteiger partial charge in [-0.25, -0.2) is 0 Å². The fourth-order valence-electron chi connectivity index (χ4n) is 5.70. The SMILES string of the molecule is Cl.Cl.[CH2]=[Ti]([O]c1cc(C)cc(C)c1)([C]1=C(C)C(C)=C(C)C1C)([c]1ccccc1)[c]1ccccc1. The Bertz CT molecular complexity index is 1240. The van der Waals surface area contributed by atoms with Crippen LogP contribution in [0.2, 0.25) is 0 Å². The molecule has 4 rings (SSSR count). The fraction of sp³-hybridized carbons (Fsp3) is 0.233. The van der Waals surface area contributed by atoms with Crippen LogP contribution in [0.15, 0.2) is 99.5 Å². The van der Waals surface area contributed by atoms with E-state index in [1.807, 2.05) is 0 Å². The van der Waals surface area contributed by atoms with Gasteiger partial charge in [-0.05, 0) is 0 Å². The van der Waals surface area contributed by atoms with E-state index < -0.39 is 15.2 Å². The van der Waals surface area contributed by atoms with E-state index in [9.17, 15) is 0 Å². The van der Waals surface area contributed by atoms with Crippen molar-refractivity contribution in [2.75, 3.05) is 0 Å². The second kappa shape index (κ2) is 10.4. The van der Waals surface area contributed by atoms with Crippen LogP contribution < -0.4 is 11.1 Å². The zero-order chi connectivity index (χ0) is 23.1. The molecule has 3 aromatic carbocycles. The first-order valence-electron chi connectivity index (χ1n) is 11.5. The number of benzene rings is 3. The summed E-state index contributed by atoms with van der Waals surface area (Å²) in [7, 11) is 0. The number of hydrogen-bond acceptors (Lipinski definition) is 1. The molecule has 0 aliphatic heterocycles. The maximum absolute atomic E-state index is 7.44. The van der Waals surface area contributed by atoms with Crippen LogP contribution in [0.25, 0.3) is 0 Å². The van der Waals surface area contributed by atoms with Gasteiger partial charge >= 0.3 is 195 Å². The molecule has 180 valence electrons. The second-order valence-corrected chi connectivity index (χ2v) is 16.8. The Morgan fingerprint density at radius 3 is 1.50 bits per heavy atom. The zero-order valence-corrected chi connectivity index (χ0v) is 24.2. The van der Waals surface area contributed by atoms with Gasteiger partial charge in [-0.3, -0.25) is 0 Å². The predicted octanol–water partition coefficient (Wildman–Crippen LogP) is 7.47. The number of hydrogen-bond donors (Lipinski definition) is 0. The number of allylic oxidation sites excluding steroid dienone is 4. The molecule has 4 heteroatoms. The summed E-state index contributed by atoms with van der Waals surface area (Å²) in [5, 5.41) is 0. The van der Waals surface area contributed by atoms with E-state index >= 15 is 0 Å². The Labute approximate surface area is 218 Å². The number of rotatable bonds is 5. The summed E-state index contributed by atoms with van der Waals surface area (Å²) < 4.78 is 11.3. The van der Waals surface area contributed by atoms with E-state index in [4.69, 9.17) is 8.14 Å². The fourth-order valence-corrected chi connectivity index (χ4v) is 14.8. The molecule has 0 N–H and O–H groups in total. The van der Waals surface area contributed by atoms with E-state index in [1.165, 1.54) is 39.5 Å². The van der Waals surface area contributed by atoms with Crippen molar-refractivity contribution in [2.24, 2.45) is 5.92 Å². The van der Waals surface area contributed by atoms with E-state index in [0.717, 1.165) is 5.75 Å². The molecule has 1 aliphatic carbocycles. The summed E-state index contributed by atoms with van der Waals surface area (Å²) in [4.78, 5) is 5.23. The van der Waals surface area contributed by atoms with Gasteiger partial charge in [0.1, 0.15) is 0 Å². The van der Waals surface area contributed by atoms with Gasteiger partial charge in [-0.15, -0.1) is 24.8 Å². The van der Waals surface area contributed by atoms with Crippen molar-refractivity contribution >= 4 is 37.4 Å². The molecule has 3 aromatic rings. The molecule has 1 unspecified atom stereocenters. The topological polar surface area (TPSA) is 9.23 Å². The van der Waals surface area contributed by atoms with Crippen molar-refractivity contribution in [3.05, 3.63) is 111 Å². The van der Waals surface area contributed by atoms with Crippen LogP contribution in [0.4, 0.5) is 0 Å². The van der Waals surface area contributed by atoms with Crippen LogP contribution in [0.1, 0.15) is 38.8 Å². The minimum atomic E-state index is -4.52. The van der Waals surface area contributed by atoms with E-state index in [0.29, 0.717) is 0 Å². The molecule has 1 aliphatic rings. The first-order valence-corrected chi connectivity index (χ1v) is 15.6. The molecule has 0 radical (unpaired) electrons. The number of halogens is 2. The van der Waals surface area contributed by atoms with Crippen molar-refractivity contribution < 1.29 is 18.5 Å². The maximum atomic E-state index is 7.44. The number of aryl methyl sites for hydroxylation is 2. The van der Waals surface area contributed by atoms with E-state index in [2.05, 4.69) is 120 Å². The van der Waals surface area contributed by atoms with Gasteiger partial charge in [0.2, 0.25) is 0 Å². The van der Waals surface area contributed by atoms with Gasteiger partial charge < -0.3 is 0 Å². The van der Waals surface area contributed by atoms with E-state index in [-0.39, 0.29) is 30.7 Å². The molecular formula is C30H36Cl2OTi. The van der Waals surface area contributed by atoms with Crippen LogP contribution >= 0.6 is 24.8 Å². The summed E-state index contributed by atoms with van der Waals surface area (Å²) in [6.07, 6.45) is 0. The monoisotopic (exact) mass is 530 g/mol. The van der Waals surface area contributed by atoms with Gasteiger partial charge in [0.25, 0.3) is 0 Å². The Morgan fingerprint density at radius 2 is 1.12 bits per heavy atom. The molecule has 0 heterocycles. The molecule has 0 bridgehead atoms. The molecule has 0 spiro atoms. The summed E-state index contributed by atoms with van der Waals surface area (Å²) >= 11 is -4.52. The molecule has 0 amide bonds. The molecule has 1 atom stereocenters. The van der Waals surface area contributed by atoms with Crippen molar-refractivity contribution in [1.29, 1.82) is 0 Å². The Hall–Kier alpha value is -1.90. The summed E-state index contributed by atoms with van der Waals surface area (Å²) in [5.74, 6) is 1.20. The molecule has 0 saturated carbocycles. The van der Waals surface area contributed by atoms with Crippen molar-refractivity contribution in [2.45, 2.75) is 41.5 Å². The molecule has 1 nitrogen and oxygen atoms in total. The van der Waals surface area contributed by atoms with Gasteiger partial charge in [0, 0.05) is 0 Å². The average Bonchev–Trinajstić information content (AvgIpc) is 2.97. The first kappa shape index (κ1) is 28.3. The molecule has 0 aromatic heterocycles. The third-order valence-electron chi connectivity index (χ3n) is 7.52. The third kappa shape index (κ3) is 4.40. The van der Waals surface area contributed by atoms with Crippen molar-refractivity contribution in [3.63, 3.8) is 0 Å². The molecule has 0 fully saturated rings. The van der Waals surface area contributed by atoms with Gasteiger partial charge in [0.15, 0.2) is 0 Å². The van der Waals surface area contributed by atoms with E-state index in [1.54, 1.807) is 0 Å². The van der Waals surface area contributed by atoms with Gasteiger partial charge in [-0.1, -0.05) is 0 Å². The Balaban J connectivity index is 0.00000204. The second-order valence-electron chi connectivity index (χ2n) is 9.58. The van der Waals surface area contributed by atoms with Crippen LogP contribution in [-0.2, 0) is 15.2 Å². The Morgan fingerprint density at radius 1 is 0.676 bits per heavy atom. The summed E-state index contributed by atoms with van der Waals surface area (Å²) in [6, 6.07) is 28.1. The average molecular weight is 531 g/mol. The minimum absolute atomic E-state index is 0. The normalized spacial score (nSPS) is 16.1. The summed E-state index contributed by atoms with van der Waals surface area (Å²) in [6.45, 7) is 13.4. The third-order valence-corrected chi connectivity index (χ3v) is 16.5.